The van der Waals surface area contributed by atoms with Gasteiger partial charge >= 0.3 is 0 Å². The number of rotatable bonds is 4. The molecule has 0 aliphatic rings. The zero-order chi connectivity index (χ0) is 13.8. The average molecular weight is 279 g/mol. The van der Waals surface area contributed by atoms with Crippen LogP contribution in [0.3, 0.4) is 0 Å². The van der Waals surface area contributed by atoms with Gasteiger partial charge in [0.2, 0.25) is 0 Å². The van der Waals surface area contributed by atoms with E-state index in [4.69, 9.17) is 22.2 Å². The topological polar surface area (TPSA) is 73.1 Å². The molecule has 1 atom stereocenters. The van der Waals surface area contributed by atoms with E-state index < -0.39 is 0 Å². The van der Waals surface area contributed by atoms with Gasteiger partial charge in [-0.2, -0.15) is 0 Å². The number of hydrazine groups is 1. The summed E-state index contributed by atoms with van der Waals surface area (Å²) < 4.78 is 5.34. The lowest BCUT2D eigenvalue weighted by atomic mass is 10.0. The van der Waals surface area contributed by atoms with E-state index in [1.165, 1.54) is 0 Å². The third-order valence-corrected chi connectivity index (χ3v) is 3.00. The number of halogens is 1. The highest BCUT2D eigenvalue weighted by atomic mass is 35.5. The maximum atomic E-state index is 6.04. The molecule has 0 radical (unpaired) electrons. The summed E-state index contributed by atoms with van der Waals surface area (Å²) in [5.74, 6) is 7.03. The summed E-state index contributed by atoms with van der Waals surface area (Å²) >= 11 is 6.04. The number of hydrogen-bond donors (Lipinski definition) is 2. The van der Waals surface area contributed by atoms with Crippen LogP contribution in [0.5, 0.6) is 5.75 Å². The van der Waals surface area contributed by atoms with Crippen LogP contribution >= 0.6 is 11.6 Å². The number of nitrogens with zero attached hydrogens (tertiary/aromatic N) is 2. The zero-order valence-electron chi connectivity index (χ0n) is 10.7. The second-order valence-corrected chi connectivity index (χ2v) is 4.45. The SMILES string of the molecule is COc1ccc(Cl)cc1C(NN)c1ccnc(C)n1. The van der Waals surface area contributed by atoms with Gasteiger partial charge in [-0.1, -0.05) is 11.6 Å². The van der Waals surface area contributed by atoms with Crippen LogP contribution in [0.4, 0.5) is 0 Å². The number of nitrogens with two attached hydrogens (primary N) is 1. The summed E-state index contributed by atoms with van der Waals surface area (Å²) in [5.41, 5.74) is 4.32. The van der Waals surface area contributed by atoms with Crippen molar-refractivity contribution in [2.75, 3.05) is 7.11 Å². The summed E-state index contributed by atoms with van der Waals surface area (Å²) in [4.78, 5) is 8.45. The third-order valence-electron chi connectivity index (χ3n) is 2.76. The van der Waals surface area contributed by atoms with Gasteiger partial charge in [0.05, 0.1) is 18.8 Å². The van der Waals surface area contributed by atoms with Gasteiger partial charge in [0, 0.05) is 16.8 Å². The minimum absolute atomic E-state index is 0.310. The van der Waals surface area contributed by atoms with E-state index in [9.17, 15) is 0 Å². The molecule has 0 aliphatic heterocycles. The van der Waals surface area contributed by atoms with Crippen LogP contribution in [0.2, 0.25) is 5.02 Å². The fourth-order valence-electron chi connectivity index (χ4n) is 1.90. The second kappa shape index (κ2) is 5.97. The van der Waals surface area contributed by atoms with Crippen molar-refractivity contribution in [1.82, 2.24) is 15.4 Å². The molecule has 0 bridgehead atoms. The number of benzene rings is 1. The van der Waals surface area contributed by atoms with E-state index >= 15 is 0 Å². The van der Waals surface area contributed by atoms with Gasteiger partial charge in [-0.05, 0) is 31.2 Å². The van der Waals surface area contributed by atoms with E-state index in [0.29, 0.717) is 16.6 Å². The number of ether oxygens (including phenoxy) is 1. The standard InChI is InChI=1S/C13H15ClN4O/c1-8-16-6-5-11(17-8)13(18-15)10-7-9(14)3-4-12(10)19-2/h3-7,13,18H,15H2,1-2H3. The van der Waals surface area contributed by atoms with Crippen LogP contribution in [0.15, 0.2) is 30.5 Å². The smallest absolute Gasteiger partial charge is 0.125 e. The molecule has 1 heterocycles. The Hall–Kier alpha value is -1.69. The Morgan fingerprint density at radius 1 is 1.37 bits per heavy atom. The normalized spacial score (nSPS) is 12.2. The van der Waals surface area contributed by atoms with Crippen molar-refractivity contribution >= 4 is 11.6 Å². The first-order valence-electron chi connectivity index (χ1n) is 5.75. The zero-order valence-corrected chi connectivity index (χ0v) is 11.5. The van der Waals surface area contributed by atoms with E-state index in [0.717, 1.165) is 11.3 Å². The van der Waals surface area contributed by atoms with E-state index in [1.54, 1.807) is 31.5 Å². The summed E-state index contributed by atoms with van der Waals surface area (Å²) in [7, 11) is 1.60. The highest BCUT2D eigenvalue weighted by molar-refractivity contribution is 6.30. The maximum absolute atomic E-state index is 6.04. The summed E-state index contributed by atoms with van der Waals surface area (Å²) in [5, 5.41) is 0.613. The lowest BCUT2D eigenvalue weighted by molar-refractivity contribution is 0.403. The fourth-order valence-corrected chi connectivity index (χ4v) is 2.08. The predicted molar refractivity (Wildman–Crippen MR) is 73.9 cm³/mol. The highest BCUT2D eigenvalue weighted by Gasteiger charge is 2.19. The molecule has 6 heteroatoms. The van der Waals surface area contributed by atoms with Crippen LogP contribution in [0.1, 0.15) is 23.1 Å². The lowest BCUT2D eigenvalue weighted by Crippen LogP contribution is -2.30. The minimum atomic E-state index is -0.310. The Morgan fingerprint density at radius 2 is 2.16 bits per heavy atom. The molecular formula is C13H15ClN4O. The first kappa shape index (κ1) is 13.7. The summed E-state index contributed by atoms with van der Waals surface area (Å²) in [6.07, 6.45) is 1.69. The lowest BCUT2D eigenvalue weighted by Gasteiger charge is -2.19. The number of methoxy groups -OCH3 is 1. The molecule has 2 rings (SSSR count). The van der Waals surface area contributed by atoms with Crippen LogP contribution in [-0.4, -0.2) is 17.1 Å². The van der Waals surface area contributed by atoms with Crippen LogP contribution in [-0.2, 0) is 0 Å². The number of hydrogen-bond acceptors (Lipinski definition) is 5. The van der Waals surface area contributed by atoms with Crippen molar-refractivity contribution in [2.24, 2.45) is 5.84 Å². The molecule has 0 spiro atoms. The molecule has 3 N–H and O–H groups in total. The highest BCUT2D eigenvalue weighted by Crippen LogP contribution is 2.31. The molecule has 1 unspecified atom stereocenters. The Kier molecular flexibility index (Phi) is 4.31. The van der Waals surface area contributed by atoms with Crippen molar-refractivity contribution in [3.63, 3.8) is 0 Å². The Labute approximate surface area is 116 Å². The van der Waals surface area contributed by atoms with E-state index in [2.05, 4.69) is 15.4 Å². The Balaban J connectivity index is 2.50. The first-order valence-corrected chi connectivity index (χ1v) is 6.12. The van der Waals surface area contributed by atoms with Gasteiger partial charge in [0.25, 0.3) is 0 Å². The van der Waals surface area contributed by atoms with E-state index in [1.807, 2.05) is 13.0 Å². The van der Waals surface area contributed by atoms with Crippen molar-refractivity contribution in [3.05, 3.63) is 52.6 Å². The largest absolute Gasteiger partial charge is 0.496 e. The van der Waals surface area contributed by atoms with Gasteiger partial charge in [-0.15, -0.1) is 0 Å². The molecule has 100 valence electrons. The van der Waals surface area contributed by atoms with Crippen molar-refractivity contribution in [3.8, 4) is 5.75 Å². The monoisotopic (exact) mass is 278 g/mol. The predicted octanol–water partition coefficient (Wildman–Crippen LogP) is 2.00. The third kappa shape index (κ3) is 3.01. The molecular weight excluding hydrogens is 264 g/mol. The molecule has 0 aliphatic carbocycles. The molecule has 0 saturated carbocycles. The fraction of sp³-hybridized carbons (Fsp3) is 0.231. The van der Waals surface area contributed by atoms with Crippen molar-refractivity contribution in [1.29, 1.82) is 0 Å². The first-order chi connectivity index (χ1) is 9.15. The van der Waals surface area contributed by atoms with Gasteiger partial charge in [0.1, 0.15) is 11.6 Å². The van der Waals surface area contributed by atoms with Crippen LogP contribution < -0.4 is 16.0 Å². The van der Waals surface area contributed by atoms with E-state index in [-0.39, 0.29) is 6.04 Å². The van der Waals surface area contributed by atoms with Gasteiger partial charge in [-0.25, -0.2) is 15.4 Å². The molecule has 5 nitrogen and oxygen atoms in total. The minimum Gasteiger partial charge on any atom is -0.496 e. The number of nitrogens with one attached hydrogen (secondary N) is 1. The number of aromatic nitrogens is 2. The molecule has 0 saturated heterocycles. The van der Waals surface area contributed by atoms with Crippen molar-refractivity contribution in [2.45, 2.75) is 13.0 Å². The maximum Gasteiger partial charge on any atom is 0.125 e. The Morgan fingerprint density at radius 3 is 2.79 bits per heavy atom. The molecule has 0 fully saturated rings. The van der Waals surface area contributed by atoms with Gasteiger partial charge in [0.15, 0.2) is 0 Å². The number of aryl methyl sites for hydroxylation is 1. The van der Waals surface area contributed by atoms with Gasteiger partial charge < -0.3 is 4.74 Å². The average Bonchev–Trinajstić information content (AvgIpc) is 2.40. The summed E-state index contributed by atoms with van der Waals surface area (Å²) in [6.45, 7) is 1.83. The van der Waals surface area contributed by atoms with Gasteiger partial charge in [-0.3, -0.25) is 5.84 Å². The van der Waals surface area contributed by atoms with Crippen LogP contribution in [0, 0.1) is 6.92 Å². The quantitative estimate of drug-likeness (QED) is 0.661. The summed E-state index contributed by atoms with van der Waals surface area (Å²) in [6, 6.07) is 6.87. The van der Waals surface area contributed by atoms with Crippen molar-refractivity contribution < 1.29 is 4.74 Å². The molecule has 19 heavy (non-hydrogen) atoms. The van der Waals surface area contributed by atoms with Crippen LogP contribution in [0.25, 0.3) is 0 Å². The molecule has 2 aromatic rings. The molecule has 1 aromatic carbocycles. The Bertz CT molecular complexity index is 576. The second-order valence-electron chi connectivity index (χ2n) is 4.01. The molecule has 1 aromatic heterocycles. The molecule has 0 amide bonds.